The van der Waals surface area contributed by atoms with Crippen LogP contribution in [0.5, 0.6) is 0 Å². The summed E-state index contributed by atoms with van der Waals surface area (Å²) in [6.45, 7) is 3.08. The summed E-state index contributed by atoms with van der Waals surface area (Å²) in [7, 11) is 0. The number of carbonyl (C=O) groups is 1. The molecule has 1 fully saturated rings. The van der Waals surface area contributed by atoms with Crippen LogP contribution in [-0.2, 0) is 6.54 Å². The molecule has 0 radical (unpaired) electrons. The van der Waals surface area contributed by atoms with Crippen LogP contribution < -0.4 is 10.2 Å². The molecule has 2 aromatic heterocycles. The quantitative estimate of drug-likeness (QED) is 0.930. The fourth-order valence-corrected chi connectivity index (χ4v) is 2.47. The number of carbonyl (C=O) groups excluding carboxylic acids is 1. The molecular formula is C16H17N5O2. The molecule has 23 heavy (non-hydrogen) atoms. The van der Waals surface area contributed by atoms with E-state index in [1.165, 1.54) is 0 Å². The average molecular weight is 311 g/mol. The van der Waals surface area contributed by atoms with E-state index in [9.17, 15) is 4.79 Å². The number of pyridine rings is 1. The van der Waals surface area contributed by atoms with Crippen molar-refractivity contribution in [3.8, 4) is 6.07 Å². The number of nitrogens with one attached hydrogen (secondary N) is 1. The molecule has 0 saturated carbocycles. The zero-order valence-corrected chi connectivity index (χ0v) is 12.6. The van der Waals surface area contributed by atoms with Gasteiger partial charge in [0.05, 0.1) is 18.4 Å². The van der Waals surface area contributed by atoms with Gasteiger partial charge in [0.1, 0.15) is 17.6 Å². The Labute approximate surface area is 134 Å². The Hall–Kier alpha value is -3.01. The van der Waals surface area contributed by atoms with Crippen LogP contribution in [0.2, 0.25) is 0 Å². The zero-order chi connectivity index (χ0) is 16.1. The molecule has 0 spiro atoms. The average Bonchev–Trinajstić information content (AvgIpc) is 3.13. The minimum absolute atomic E-state index is 0.0890. The summed E-state index contributed by atoms with van der Waals surface area (Å²) in [4.78, 5) is 20.3. The van der Waals surface area contributed by atoms with Crippen molar-refractivity contribution in [3.05, 3.63) is 48.0 Å². The predicted octanol–water partition coefficient (Wildman–Crippen LogP) is 1.58. The summed E-state index contributed by atoms with van der Waals surface area (Å²) in [5, 5.41) is 11.6. The van der Waals surface area contributed by atoms with Gasteiger partial charge in [-0.3, -0.25) is 0 Å². The van der Waals surface area contributed by atoms with Gasteiger partial charge in [0, 0.05) is 32.4 Å². The number of furan rings is 1. The van der Waals surface area contributed by atoms with E-state index in [0.717, 1.165) is 11.6 Å². The number of amides is 2. The van der Waals surface area contributed by atoms with Gasteiger partial charge in [-0.1, -0.05) is 0 Å². The van der Waals surface area contributed by atoms with Crippen molar-refractivity contribution < 1.29 is 9.21 Å². The SMILES string of the molecule is N#Cc1ccc(N2CCN(C(=O)NCc3ccco3)CC2)nc1. The maximum Gasteiger partial charge on any atom is 0.317 e. The van der Waals surface area contributed by atoms with E-state index in [4.69, 9.17) is 9.68 Å². The lowest BCUT2D eigenvalue weighted by atomic mass is 10.2. The Bertz CT molecular complexity index is 682. The fraction of sp³-hybridized carbons (Fsp3) is 0.312. The molecule has 1 N–H and O–H groups in total. The summed E-state index contributed by atoms with van der Waals surface area (Å²) in [6.07, 6.45) is 3.16. The predicted molar refractivity (Wildman–Crippen MR) is 83.7 cm³/mol. The van der Waals surface area contributed by atoms with Gasteiger partial charge in [0.25, 0.3) is 0 Å². The molecule has 2 aromatic rings. The lowest BCUT2D eigenvalue weighted by Crippen LogP contribution is -2.51. The molecule has 1 saturated heterocycles. The van der Waals surface area contributed by atoms with E-state index in [0.29, 0.717) is 38.3 Å². The van der Waals surface area contributed by atoms with E-state index >= 15 is 0 Å². The monoisotopic (exact) mass is 311 g/mol. The highest BCUT2D eigenvalue weighted by atomic mass is 16.3. The lowest BCUT2D eigenvalue weighted by molar-refractivity contribution is 0.193. The topological polar surface area (TPSA) is 85.4 Å². The summed E-state index contributed by atoms with van der Waals surface area (Å²) < 4.78 is 5.19. The molecule has 0 aromatic carbocycles. The van der Waals surface area contributed by atoms with Crippen molar-refractivity contribution in [2.45, 2.75) is 6.54 Å². The number of aromatic nitrogens is 1. The maximum atomic E-state index is 12.1. The first-order chi connectivity index (χ1) is 11.3. The van der Waals surface area contributed by atoms with Crippen LogP contribution in [0.15, 0.2) is 41.1 Å². The normalized spacial score (nSPS) is 14.4. The molecular weight excluding hydrogens is 294 g/mol. The van der Waals surface area contributed by atoms with Gasteiger partial charge < -0.3 is 19.5 Å². The molecule has 0 aliphatic carbocycles. The van der Waals surface area contributed by atoms with Gasteiger partial charge in [-0.25, -0.2) is 9.78 Å². The Morgan fingerprint density at radius 1 is 1.30 bits per heavy atom. The molecule has 3 rings (SSSR count). The van der Waals surface area contributed by atoms with Gasteiger partial charge in [0.2, 0.25) is 0 Å². The maximum absolute atomic E-state index is 12.1. The van der Waals surface area contributed by atoms with Crippen LogP contribution in [0, 0.1) is 11.3 Å². The first-order valence-electron chi connectivity index (χ1n) is 7.42. The smallest absolute Gasteiger partial charge is 0.317 e. The third kappa shape index (κ3) is 3.61. The van der Waals surface area contributed by atoms with E-state index in [-0.39, 0.29) is 6.03 Å². The van der Waals surface area contributed by atoms with Gasteiger partial charge in [0.15, 0.2) is 0 Å². The lowest BCUT2D eigenvalue weighted by Gasteiger charge is -2.35. The number of hydrogen-bond donors (Lipinski definition) is 1. The second-order valence-corrected chi connectivity index (χ2v) is 5.23. The largest absolute Gasteiger partial charge is 0.467 e. The number of piperazine rings is 1. The number of rotatable bonds is 3. The van der Waals surface area contributed by atoms with Gasteiger partial charge in [-0.15, -0.1) is 0 Å². The standard InChI is InChI=1S/C16H17N5O2/c17-10-13-3-4-15(18-11-13)20-5-7-21(8-6-20)16(22)19-12-14-2-1-9-23-14/h1-4,9,11H,5-8,12H2,(H,19,22). The van der Waals surface area contributed by atoms with Crippen molar-refractivity contribution in [2.24, 2.45) is 0 Å². The first kappa shape index (κ1) is 14.9. The Morgan fingerprint density at radius 2 is 2.13 bits per heavy atom. The van der Waals surface area contributed by atoms with Crippen LogP contribution in [0.4, 0.5) is 10.6 Å². The molecule has 2 amide bonds. The van der Waals surface area contributed by atoms with E-state index in [1.807, 2.05) is 12.1 Å². The van der Waals surface area contributed by atoms with Crippen molar-refractivity contribution in [2.75, 3.05) is 31.1 Å². The van der Waals surface area contributed by atoms with Gasteiger partial charge in [-0.05, 0) is 24.3 Å². The third-order valence-corrected chi connectivity index (χ3v) is 3.76. The summed E-state index contributed by atoms with van der Waals surface area (Å²) >= 11 is 0. The van der Waals surface area contributed by atoms with Crippen LogP contribution in [0.1, 0.15) is 11.3 Å². The number of anilines is 1. The molecule has 1 aliphatic heterocycles. The molecule has 118 valence electrons. The number of hydrogen-bond acceptors (Lipinski definition) is 5. The summed E-state index contributed by atoms with van der Waals surface area (Å²) in [5.41, 5.74) is 0.546. The van der Waals surface area contributed by atoms with Gasteiger partial charge in [-0.2, -0.15) is 5.26 Å². The number of nitriles is 1. The van der Waals surface area contributed by atoms with Crippen LogP contribution in [-0.4, -0.2) is 42.1 Å². The van der Waals surface area contributed by atoms with Crippen molar-refractivity contribution in [1.29, 1.82) is 5.26 Å². The Balaban J connectivity index is 1.49. The summed E-state index contributed by atoms with van der Waals surface area (Å²) in [6, 6.07) is 9.18. The van der Waals surface area contributed by atoms with E-state index in [1.54, 1.807) is 29.5 Å². The second-order valence-electron chi connectivity index (χ2n) is 5.23. The highest BCUT2D eigenvalue weighted by Crippen LogP contribution is 2.14. The molecule has 3 heterocycles. The summed E-state index contributed by atoms with van der Waals surface area (Å²) in [5.74, 6) is 1.57. The fourth-order valence-electron chi connectivity index (χ4n) is 2.47. The highest BCUT2D eigenvalue weighted by Gasteiger charge is 2.21. The highest BCUT2D eigenvalue weighted by molar-refractivity contribution is 5.74. The Kier molecular flexibility index (Phi) is 4.43. The number of nitrogens with zero attached hydrogens (tertiary/aromatic N) is 4. The van der Waals surface area contributed by atoms with Crippen molar-refractivity contribution in [3.63, 3.8) is 0 Å². The minimum Gasteiger partial charge on any atom is -0.467 e. The molecule has 0 unspecified atom stereocenters. The van der Waals surface area contributed by atoms with Crippen molar-refractivity contribution >= 4 is 11.8 Å². The third-order valence-electron chi connectivity index (χ3n) is 3.76. The van der Waals surface area contributed by atoms with Gasteiger partial charge >= 0.3 is 6.03 Å². The zero-order valence-electron chi connectivity index (χ0n) is 12.6. The molecule has 1 aliphatic rings. The molecule has 0 atom stereocenters. The molecule has 0 bridgehead atoms. The minimum atomic E-state index is -0.0890. The first-order valence-corrected chi connectivity index (χ1v) is 7.42. The van der Waals surface area contributed by atoms with Crippen LogP contribution >= 0.6 is 0 Å². The molecule has 7 nitrogen and oxygen atoms in total. The van der Waals surface area contributed by atoms with Crippen LogP contribution in [0.25, 0.3) is 0 Å². The molecule has 7 heteroatoms. The van der Waals surface area contributed by atoms with E-state index in [2.05, 4.69) is 21.3 Å². The van der Waals surface area contributed by atoms with E-state index < -0.39 is 0 Å². The second kappa shape index (κ2) is 6.83. The van der Waals surface area contributed by atoms with Crippen LogP contribution in [0.3, 0.4) is 0 Å². The van der Waals surface area contributed by atoms with Crippen molar-refractivity contribution in [1.82, 2.24) is 15.2 Å². The number of urea groups is 1. The Morgan fingerprint density at radius 3 is 2.74 bits per heavy atom.